The highest BCUT2D eigenvalue weighted by molar-refractivity contribution is 8.14. The number of thioether (sulfide) groups is 1. The lowest BCUT2D eigenvalue weighted by molar-refractivity contribution is -0.117. The fourth-order valence-electron chi connectivity index (χ4n) is 1.93. The molecule has 2 heterocycles. The van der Waals surface area contributed by atoms with Crippen LogP contribution in [0.25, 0.3) is 0 Å². The van der Waals surface area contributed by atoms with Gasteiger partial charge in [0.05, 0.1) is 11.4 Å². The Balaban J connectivity index is 2.28. The van der Waals surface area contributed by atoms with Crippen molar-refractivity contribution in [2.75, 3.05) is 17.2 Å². The average Bonchev–Trinajstić information content (AvgIpc) is 2.63. The van der Waals surface area contributed by atoms with Crippen molar-refractivity contribution in [3.8, 4) is 0 Å². The number of hydrogen-bond donors (Lipinski definition) is 1. The molecule has 0 spiro atoms. The van der Waals surface area contributed by atoms with Crippen molar-refractivity contribution in [3.63, 3.8) is 0 Å². The Labute approximate surface area is 124 Å². The molecule has 0 aliphatic carbocycles. The molecule has 1 saturated heterocycles. The number of carbonyl (C=O) groups excluding carboxylic acids is 2. The summed E-state index contributed by atoms with van der Waals surface area (Å²) < 4.78 is 0. The van der Waals surface area contributed by atoms with Crippen molar-refractivity contribution < 1.29 is 9.59 Å². The Morgan fingerprint density at radius 2 is 2.26 bits per heavy atom. The second-order valence-corrected chi connectivity index (χ2v) is 6.33. The van der Waals surface area contributed by atoms with Crippen LogP contribution in [-0.4, -0.2) is 27.8 Å². The lowest BCUT2D eigenvalue weighted by Crippen LogP contribution is -2.26. The minimum Gasteiger partial charge on any atom is -0.395 e. The number of anilines is 2. The van der Waals surface area contributed by atoms with E-state index in [1.165, 1.54) is 17.9 Å². The molecule has 0 bridgehead atoms. The van der Waals surface area contributed by atoms with Gasteiger partial charge in [-0.05, 0) is 0 Å². The van der Waals surface area contributed by atoms with Crippen molar-refractivity contribution >= 4 is 57.4 Å². The van der Waals surface area contributed by atoms with Crippen molar-refractivity contribution in [3.05, 3.63) is 16.4 Å². The zero-order chi connectivity index (χ0) is 14.2. The molecule has 1 unspecified atom stereocenters. The predicted molar refractivity (Wildman–Crippen MR) is 77.7 cm³/mol. The molecule has 0 radical (unpaired) electrons. The lowest BCUT2D eigenvalue weighted by Gasteiger charge is -2.19. The largest absolute Gasteiger partial charge is 0.395 e. The van der Waals surface area contributed by atoms with Crippen LogP contribution in [0.5, 0.6) is 0 Å². The van der Waals surface area contributed by atoms with E-state index in [1.807, 2.05) is 0 Å². The monoisotopic (exact) mass is 319 g/mol. The van der Waals surface area contributed by atoms with E-state index in [1.54, 1.807) is 0 Å². The minimum atomic E-state index is -0.108. The van der Waals surface area contributed by atoms with Crippen LogP contribution in [-0.2, 0) is 9.59 Å². The van der Waals surface area contributed by atoms with E-state index < -0.39 is 0 Å². The molecule has 1 atom stereocenters. The lowest BCUT2D eigenvalue weighted by atomic mass is 10.3. The van der Waals surface area contributed by atoms with Crippen LogP contribution in [0.3, 0.4) is 0 Å². The maximum atomic E-state index is 12.0. The van der Waals surface area contributed by atoms with E-state index in [0.29, 0.717) is 18.7 Å². The van der Waals surface area contributed by atoms with Crippen LogP contribution in [0.1, 0.15) is 13.3 Å². The fraction of sp³-hybridized carbons (Fsp3) is 0.364. The molecular weight excluding hydrogens is 309 g/mol. The van der Waals surface area contributed by atoms with Crippen molar-refractivity contribution in [1.29, 1.82) is 0 Å². The smallest absolute Gasteiger partial charge is 0.228 e. The zero-order valence-corrected chi connectivity index (χ0v) is 12.3. The maximum absolute atomic E-state index is 12.0. The summed E-state index contributed by atoms with van der Waals surface area (Å²) in [5.74, 6) is -0.108. The molecule has 0 aromatic carbocycles. The Bertz CT molecular complexity index is 553. The van der Waals surface area contributed by atoms with Gasteiger partial charge in [-0.2, -0.15) is 0 Å². The summed E-state index contributed by atoms with van der Waals surface area (Å²) in [6.45, 7) is 1.89. The fourth-order valence-corrected chi connectivity index (χ4v) is 3.27. The quantitative estimate of drug-likeness (QED) is 0.847. The Kier molecular flexibility index (Phi) is 4.23. The highest BCUT2D eigenvalue weighted by Crippen LogP contribution is 2.36. The van der Waals surface area contributed by atoms with E-state index in [4.69, 9.17) is 28.9 Å². The van der Waals surface area contributed by atoms with Gasteiger partial charge in [0.2, 0.25) is 5.91 Å². The summed E-state index contributed by atoms with van der Waals surface area (Å²) in [4.78, 5) is 28.4. The number of nitrogens with two attached hydrogens (primary N) is 1. The number of pyridine rings is 1. The van der Waals surface area contributed by atoms with Gasteiger partial charge in [-0.15, -0.1) is 0 Å². The summed E-state index contributed by atoms with van der Waals surface area (Å²) in [6.07, 6.45) is 0.293. The molecule has 0 saturated carbocycles. The van der Waals surface area contributed by atoms with E-state index >= 15 is 0 Å². The van der Waals surface area contributed by atoms with Gasteiger partial charge in [0.15, 0.2) is 10.3 Å². The van der Waals surface area contributed by atoms with Gasteiger partial charge in [0, 0.05) is 31.2 Å². The second kappa shape index (κ2) is 5.56. The van der Waals surface area contributed by atoms with E-state index in [2.05, 4.69) is 4.98 Å². The number of aromatic nitrogens is 1. The summed E-state index contributed by atoms with van der Waals surface area (Å²) >= 11 is 12.8. The molecule has 1 fully saturated rings. The topological polar surface area (TPSA) is 76.3 Å². The normalized spacial score (nSPS) is 19.0. The third-order valence-electron chi connectivity index (χ3n) is 2.67. The standard InChI is InChI=1S/C11H11Cl2N3O2S/c1-5(17)19-6-2-9(18)16(4-6)7-3-8(12)15-11(13)10(7)14/h3,6H,2,4,14H2,1H3. The molecule has 19 heavy (non-hydrogen) atoms. The van der Waals surface area contributed by atoms with Gasteiger partial charge in [0.1, 0.15) is 5.15 Å². The molecule has 2 N–H and O–H groups in total. The first-order valence-electron chi connectivity index (χ1n) is 5.47. The molecule has 2 rings (SSSR count). The first-order chi connectivity index (χ1) is 8.88. The van der Waals surface area contributed by atoms with Gasteiger partial charge in [-0.3, -0.25) is 9.59 Å². The maximum Gasteiger partial charge on any atom is 0.228 e. The van der Waals surface area contributed by atoms with Crippen LogP contribution < -0.4 is 10.6 Å². The van der Waals surface area contributed by atoms with E-state index in [9.17, 15) is 9.59 Å². The number of amides is 1. The van der Waals surface area contributed by atoms with E-state index in [0.717, 1.165) is 11.8 Å². The third-order valence-corrected chi connectivity index (χ3v) is 4.13. The molecule has 1 aliphatic heterocycles. The molecule has 1 aliphatic rings. The summed E-state index contributed by atoms with van der Waals surface area (Å²) in [5, 5.41) is 0.149. The molecule has 1 aromatic rings. The average molecular weight is 320 g/mol. The van der Waals surface area contributed by atoms with Crippen molar-refractivity contribution in [1.82, 2.24) is 4.98 Å². The van der Waals surface area contributed by atoms with Crippen molar-refractivity contribution in [2.24, 2.45) is 0 Å². The first kappa shape index (κ1) is 14.4. The Morgan fingerprint density at radius 1 is 1.58 bits per heavy atom. The van der Waals surface area contributed by atoms with E-state index in [-0.39, 0.29) is 32.3 Å². The number of hydrogen-bond acceptors (Lipinski definition) is 5. The number of nitrogens with zero attached hydrogens (tertiary/aromatic N) is 2. The highest BCUT2D eigenvalue weighted by Gasteiger charge is 2.33. The molecule has 5 nitrogen and oxygen atoms in total. The number of carbonyl (C=O) groups is 2. The SMILES string of the molecule is CC(=O)SC1CC(=O)N(c2cc(Cl)nc(Cl)c2N)C1. The summed E-state index contributed by atoms with van der Waals surface area (Å²) in [7, 11) is 0. The molecule has 1 amide bonds. The summed E-state index contributed by atoms with van der Waals surface area (Å²) in [5.41, 5.74) is 6.48. The third kappa shape index (κ3) is 3.13. The van der Waals surface area contributed by atoms with Gasteiger partial charge >= 0.3 is 0 Å². The Morgan fingerprint density at radius 3 is 2.89 bits per heavy atom. The number of rotatable bonds is 2. The number of halogens is 2. The highest BCUT2D eigenvalue weighted by atomic mass is 35.5. The molecule has 1 aromatic heterocycles. The van der Waals surface area contributed by atoms with Gasteiger partial charge in [-0.25, -0.2) is 4.98 Å². The van der Waals surface area contributed by atoms with Crippen LogP contribution in [0.4, 0.5) is 11.4 Å². The van der Waals surface area contributed by atoms with Crippen molar-refractivity contribution in [2.45, 2.75) is 18.6 Å². The van der Waals surface area contributed by atoms with Gasteiger partial charge < -0.3 is 10.6 Å². The minimum absolute atomic E-state index is 0.0154. The second-order valence-electron chi connectivity index (χ2n) is 4.11. The van der Waals surface area contributed by atoms with Gasteiger partial charge in [0.25, 0.3) is 0 Å². The van der Waals surface area contributed by atoms with Crippen LogP contribution in [0.2, 0.25) is 10.3 Å². The molecule has 8 heteroatoms. The van der Waals surface area contributed by atoms with Crippen LogP contribution in [0.15, 0.2) is 6.07 Å². The first-order valence-corrected chi connectivity index (χ1v) is 7.11. The Hall–Kier alpha value is -0.980. The zero-order valence-electron chi connectivity index (χ0n) is 10.0. The predicted octanol–water partition coefficient (Wildman–Crippen LogP) is 2.36. The summed E-state index contributed by atoms with van der Waals surface area (Å²) in [6, 6.07) is 1.50. The van der Waals surface area contributed by atoms with Gasteiger partial charge in [-0.1, -0.05) is 35.0 Å². The van der Waals surface area contributed by atoms with Crippen LogP contribution >= 0.6 is 35.0 Å². The molecular formula is C11H11Cl2N3O2S. The van der Waals surface area contributed by atoms with Crippen LogP contribution in [0, 0.1) is 0 Å². The molecule has 102 valence electrons. The number of nitrogen functional groups attached to an aromatic ring is 1.